The van der Waals surface area contributed by atoms with Gasteiger partial charge in [-0.15, -0.1) is 0 Å². The Bertz CT molecular complexity index is 664. The molecule has 0 bridgehead atoms. The van der Waals surface area contributed by atoms with Crippen LogP contribution in [0.5, 0.6) is 0 Å². The lowest BCUT2D eigenvalue weighted by molar-refractivity contribution is -0.118. The van der Waals surface area contributed by atoms with Crippen LogP contribution in [0.15, 0.2) is 41.0 Å². The van der Waals surface area contributed by atoms with Crippen molar-refractivity contribution in [3.05, 3.63) is 53.7 Å². The normalized spacial score (nSPS) is 14.2. The average molecular weight is 273 g/mol. The lowest BCUT2D eigenvalue weighted by Gasteiger charge is -2.28. The summed E-state index contributed by atoms with van der Waals surface area (Å²) in [4.78, 5) is 25.4. The Hall–Kier alpha value is -2.43. The Labute approximate surface area is 114 Å². The minimum Gasteiger partial charge on any atom is -0.461 e. The number of anilines is 1. The molecule has 102 valence electrons. The zero-order valence-electron chi connectivity index (χ0n) is 10.6. The Balaban J connectivity index is 1.91. The van der Waals surface area contributed by atoms with Crippen LogP contribution in [0.4, 0.5) is 10.1 Å². The lowest BCUT2D eigenvalue weighted by Crippen LogP contribution is -2.39. The third-order valence-electron chi connectivity index (χ3n) is 3.35. The van der Waals surface area contributed by atoms with Gasteiger partial charge >= 0.3 is 0 Å². The van der Waals surface area contributed by atoms with Gasteiger partial charge in [0.05, 0.1) is 18.5 Å². The minimum absolute atomic E-state index is 0.136. The molecule has 0 saturated carbocycles. The van der Waals surface area contributed by atoms with Gasteiger partial charge in [0, 0.05) is 6.42 Å². The van der Waals surface area contributed by atoms with E-state index in [9.17, 15) is 14.0 Å². The van der Waals surface area contributed by atoms with Crippen molar-refractivity contribution in [3.63, 3.8) is 0 Å². The van der Waals surface area contributed by atoms with E-state index in [4.69, 9.17) is 4.42 Å². The molecule has 4 nitrogen and oxygen atoms in total. The molecule has 0 fully saturated rings. The van der Waals surface area contributed by atoms with Crippen molar-refractivity contribution in [3.8, 4) is 0 Å². The zero-order valence-corrected chi connectivity index (χ0v) is 10.6. The number of furan rings is 1. The van der Waals surface area contributed by atoms with E-state index in [0.29, 0.717) is 18.5 Å². The summed E-state index contributed by atoms with van der Waals surface area (Å²) in [5.74, 6) is -0.710. The summed E-state index contributed by atoms with van der Waals surface area (Å²) >= 11 is 0. The van der Waals surface area contributed by atoms with Crippen molar-refractivity contribution in [1.29, 1.82) is 0 Å². The first kappa shape index (κ1) is 12.6. The van der Waals surface area contributed by atoms with Gasteiger partial charge in [0.2, 0.25) is 11.7 Å². The van der Waals surface area contributed by atoms with Crippen LogP contribution in [0.2, 0.25) is 0 Å². The van der Waals surface area contributed by atoms with Gasteiger partial charge in [0.1, 0.15) is 5.82 Å². The number of ketones is 1. The van der Waals surface area contributed by atoms with E-state index in [1.54, 1.807) is 18.2 Å². The molecular weight excluding hydrogens is 261 g/mol. The highest BCUT2D eigenvalue weighted by Gasteiger charge is 2.27. The Morgan fingerprint density at radius 1 is 1.30 bits per heavy atom. The van der Waals surface area contributed by atoms with Crippen LogP contribution in [0, 0.1) is 5.82 Å². The number of aryl methyl sites for hydroxylation is 1. The van der Waals surface area contributed by atoms with E-state index in [2.05, 4.69) is 0 Å². The number of amides is 1. The van der Waals surface area contributed by atoms with E-state index in [0.717, 1.165) is 5.56 Å². The molecule has 1 aromatic heterocycles. The molecule has 2 heterocycles. The van der Waals surface area contributed by atoms with Crippen molar-refractivity contribution in [2.24, 2.45) is 0 Å². The lowest BCUT2D eigenvalue weighted by atomic mass is 10.0. The van der Waals surface area contributed by atoms with Crippen LogP contribution in [0.25, 0.3) is 0 Å². The zero-order chi connectivity index (χ0) is 14.1. The van der Waals surface area contributed by atoms with Gasteiger partial charge in [-0.2, -0.15) is 0 Å². The fraction of sp³-hybridized carbons (Fsp3) is 0.200. The topological polar surface area (TPSA) is 50.5 Å². The van der Waals surface area contributed by atoms with Crippen LogP contribution < -0.4 is 4.90 Å². The number of benzene rings is 1. The fourth-order valence-corrected chi connectivity index (χ4v) is 2.34. The first-order chi connectivity index (χ1) is 9.65. The van der Waals surface area contributed by atoms with Crippen LogP contribution in [0.3, 0.4) is 0 Å². The third kappa shape index (κ3) is 2.22. The van der Waals surface area contributed by atoms with Gasteiger partial charge in [-0.05, 0) is 36.2 Å². The quantitative estimate of drug-likeness (QED) is 0.808. The van der Waals surface area contributed by atoms with E-state index < -0.39 is 5.82 Å². The maximum atomic E-state index is 13.4. The van der Waals surface area contributed by atoms with Crippen molar-refractivity contribution in [2.75, 3.05) is 11.4 Å². The molecule has 3 rings (SSSR count). The number of nitrogens with zero attached hydrogens (tertiary/aromatic N) is 1. The summed E-state index contributed by atoms with van der Waals surface area (Å²) in [6.45, 7) is -0.136. The number of halogens is 1. The predicted molar refractivity (Wildman–Crippen MR) is 70.1 cm³/mol. The van der Waals surface area contributed by atoms with Gasteiger partial charge in [-0.3, -0.25) is 9.59 Å². The Morgan fingerprint density at radius 3 is 2.90 bits per heavy atom. The van der Waals surface area contributed by atoms with E-state index in [1.165, 1.54) is 23.3 Å². The van der Waals surface area contributed by atoms with Gasteiger partial charge in [0.25, 0.3) is 0 Å². The predicted octanol–water partition coefficient (Wildman–Crippen LogP) is 2.58. The molecule has 20 heavy (non-hydrogen) atoms. The molecular formula is C15H12FNO3. The van der Waals surface area contributed by atoms with E-state index >= 15 is 0 Å². The van der Waals surface area contributed by atoms with Crippen molar-refractivity contribution in [2.45, 2.75) is 12.8 Å². The van der Waals surface area contributed by atoms with Crippen molar-refractivity contribution >= 4 is 17.4 Å². The van der Waals surface area contributed by atoms with Crippen molar-refractivity contribution in [1.82, 2.24) is 0 Å². The summed E-state index contributed by atoms with van der Waals surface area (Å²) in [5, 5.41) is 0. The number of hydrogen-bond acceptors (Lipinski definition) is 3. The van der Waals surface area contributed by atoms with Crippen LogP contribution in [-0.4, -0.2) is 18.2 Å². The molecule has 0 radical (unpaired) electrons. The number of rotatable bonds is 3. The van der Waals surface area contributed by atoms with Crippen LogP contribution in [0.1, 0.15) is 22.5 Å². The van der Waals surface area contributed by atoms with Crippen molar-refractivity contribution < 1.29 is 18.4 Å². The van der Waals surface area contributed by atoms with E-state index in [-0.39, 0.29) is 24.0 Å². The molecule has 0 unspecified atom stereocenters. The molecule has 5 heteroatoms. The first-order valence-electron chi connectivity index (χ1n) is 6.30. The average Bonchev–Trinajstić information content (AvgIpc) is 2.96. The number of hydrogen-bond donors (Lipinski definition) is 0. The Kier molecular flexibility index (Phi) is 3.10. The highest BCUT2D eigenvalue weighted by molar-refractivity contribution is 6.05. The molecule has 1 aliphatic heterocycles. The number of fused-ring (bicyclic) bond motifs is 1. The molecule has 0 N–H and O–H groups in total. The maximum Gasteiger partial charge on any atom is 0.227 e. The van der Waals surface area contributed by atoms with Crippen LogP contribution in [-0.2, 0) is 11.2 Å². The van der Waals surface area contributed by atoms with E-state index in [1.807, 2.05) is 0 Å². The molecule has 0 spiro atoms. The fourth-order valence-electron chi connectivity index (χ4n) is 2.34. The maximum absolute atomic E-state index is 13.4. The molecule has 0 aliphatic carbocycles. The van der Waals surface area contributed by atoms with Gasteiger partial charge in [-0.25, -0.2) is 4.39 Å². The standard InChI is InChI=1S/C15H12FNO3/c16-11-5-3-10-4-6-15(19)17(12(10)8-11)9-13(18)14-2-1-7-20-14/h1-3,5,7-8H,4,6,9H2. The smallest absolute Gasteiger partial charge is 0.227 e. The molecule has 0 atom stereocenters. The molecule has 1 aromatic carbocycles. The number of Topliss-reactive ketones (excluding diaryl/α,β-unsaturated/α-hetero) is 1. The summed E-state index contributed by atoms with van der Waals surface area (Å²) in [7, 11) is 0. The Morgan fingerprint density at radius 2 is 2.15 bits per heavy atom. The molecule has 1 amide bonds. The molecule has 1 aliphatic rings. The second kappa shape index (κ2) is 4.92. The van der Waals surface area contributed by atoms with Gasteiger partial charge in [-0.1, -0.05) is 6.07 Å². The monoisotopic (exact) mass is 273 g/mol. The molecule has 0 saturated heterocycles. The SMILES string of the molecule is O=C(CN1C(=O)CCc2ccc(F)cc21)c1ccco1. The summed E-state index contributed by atoms with van der Waals surface area (Å²) in [6.07, 6.45) is 2.29. The van der Waals surface area contributed by atoms with Gasteiger partial charge in [0.15, 0.2) is 5.76 Å². The second-order valence-corrected chi connectivity index (χ2v) is 4.65. The van der Waals surface area contributed by atoms with Gasteiger partial charge < -0.3 is 9.32 Å². The minimum atomic E-state index is -0.422. The number of carbonyl (C=O) groups excluding carboxylic acids is 2. The molecule has 2 aromatic rings. The largest absolute Gasteiger partial charge is 0.461 e. The third-order valence-corrected chi connectivity index (χ3v) is 3.35. The first-order valence-corrected chi connectivity index (χ1v) is 6.30. The summed E-state index contributed by atoms with van der Waals surface area (Å²) in [5.41, 5.74) is 1.35. The van der Waals surface area contributed by atoms with Crippen LogP contribution >= 0.6 is 0 Å². The number of carbonyl (C=O) groups is 2. The summed E-state index contributed by atoms with van der Waals surface area (Å²) in [6, 6.07) is 7.46. The summed E-state index contributed by atoms with van der Waals surface area (Å²) < 4.78 is 18.4. The highest BCUT2D eigenvalue weighted by atomic mass is 19.1. The highest BCUT2D eigenvalue weighted by Crippen LogP contribution is 2.28. The second-order valence-electron chi connectivity index (χ2n) is 4.65.